The molecule has 0 unspecified atom stereocenters. The van der Waals surface area contributed by atoms with Gasteiger partial charge in [-0.05, 0) is 29.8 Å². The lowest BCUT2D eigenvalue weighted by Gasteiger charge is -2.04. The molecule has 2 radical (unpaired) electrons. The molecule has 0 nitrogen and oxygen atoms in total. The maximum Gasteiger partial charge on any atom is 0.134 e. The van der Waals surface area contributed by atoms with Gasteiger partial charge in [-0.15, -0.1) is 0 Å². The molecule has 0 spiro atoms. The first-order chi connectivity index (χ1) is 7.18. The van der Waals surface area contributed by atoms with Crippen LogP contribution in [-0.4, -0.2) is 0 Å². The minimum absolute atomic E-state index is 0.148. The van der Waals surface area contributed by atoms with Crippen LogP contribution in [0.2, 0.25) is 0 Å². The molecule has 2 aromatic rings. The molecule has 0 amide bonds. The van der Waals surface area contributed by atoms with Crippen molar-refractivity contribution in [2.75, 3.05) is 0 Å². The van der Waals surface area contributed by atoms with Crippen LogP contribution < -0.4 is 0 Å². The predicted octanol–water partition coefficient (Wildman–Crippen LogP) is 3.37. The largest absolute Gasteiger partial charge is 0.206 e. The van der Waals surface area contributed by atoms with Crippen molar-refractivity contribution in [3.8, 4) is 11.1 Å². The molecule has 2 rings (SSSR count). The maximum absolute atomic E-state index is 13.3. The van der Waals surface area contributed by atoms with Gasteiger partial charge < -0.3 is 0 Å². The Morgan fingerprint density at radius 2 is 1.67 bits per heavy atom. The lowest BCUT2D eigenvalue weighted by Crippen LogP contribution is -1.90. The monoisotopic (exact) mass is 206 g/mol. The molecular weight excluding hydrogens is 201 g/mol. The van der Waals surface area contributed by atoms with Gasteiger partial charge in [0.1, 0.15) is 17.5 Å². The Morgan fingerprint density at radius 1 is 1.00 bits per heavy atom. The van der Waals surface area contributed by atoms with Crippen LogP contribution in [0.25, 0.3) is 11.1 Å². The van der Waals surface area contributed by atoms with Crippen LogP contribution in [0.1, 0.15) is 0 Å². The van der Waals surface area contributed by atoms with E-state index < -0.39 is 17.5 Å². The fourth-order valence-electron chi connectivity index (χ4n) is 1.32. The van der Waals surface area contributed by atoms with Crippen molar-refractivity contribution in [1.29, 1.82) is 0 Å². The molecule has 3 heteroatoms. The van der Waals surface area contributed by atoms with Crippen molar-refractivity contribution in [2.24, 2.45) is 0 Å². The zero-order valence-corrected chi connectivity index (χ0v) is 7.52. The number of halogens is 3. The second kappa shape index (κ2) is 3.77. The minimum Gasteiger partial charge on any atom is -0.206 e. The molecule has 0 aliphatic rings. The molecular formula is C12H5F3. The number of hydrogen-bond acceptors (Lipinski definition) is 0. The summed E-state index contributed by atoms with van der Waals surface area (Å²) in [6.45, 7) is 0. The highest BCUT2D eigenvalue weighted by Crippen LogP contribution is 2.25. The van der Waals surface area contributed by atoms with Gasteiger partial charge in [0.25, 0.3) is 0 Å². The molecule has 0 N–H and O–H groups in total. The highest BCUT2D eigenvalue weighted by atomic mass is 19.1. The average molecular weight is 206 g/mol. The predicted molar refractivity (Wildman–Crippen MR) is 49.4 cm³/mol. The van der Waals surface area contributed by atoms with E-state index in [4.69, 9.17) is 0 Å². The summed E-state index contributed by atoms with van der Waals surface area (Å²) >= 11 is 0. The first-order valence-electron chi connectivity index (χ1n) is 4.21. The van der Waals surface area contributed by atoms with Gasteiger partial charge >= 0.3 is 0 Å². The molecule has 0 atom stereocenters. The normalized spacial score (nSPS) is 10.3. The van der Waals surface area contributed by atoms with E-state index in [9.17, 15) is 13.2 Å². The van der Waals surface area contributed by atoms with Crippen LogP contribution in [0.5, 0.6) is 0 Å². The molecule has 0 saturated carbocycles. The van der Waals surface area contributed by atoms with Gasteiger partial charge in [-0.2, -0.15) is 0 Å². The topological polar surface area (TPSA) is 0 Å². The molecule has 2 aromatic carbocycles. The van der Waals surface area contributed by atoms with Gasteiger partial charge in [0.05, 0.1) is 5.56 Å². The number of hydrogen-bond donors (Lipinski definition) is 0. The standard InChI is InChI=1S/C12H5F3/c13-9-4-1-3-8(7-9)12-10(14)5-2-6-11(12)15/h1,3,5-7H. The van der Waals surface area contributed by atoms with E-state index >= 15 is 0 Å². The van der Waals surface area contributed by atoms with Gasteiger partial charge in [0.15, 0.2) is 0 Å². The highest BCUT2D eigenvalue weighted by Gasteiger charge is 2.10. The third-order valence-electron chi connectivity index (χ3n) is 1.95. The SMILES string of the molecule is Fc1[c]ccc(-c2c(F)c[c]cc2F)c1. The molecule has 74 valence electrons. The van der Waals surface area contributed by atoms with Gasteiger partial charge in [0.2, 0.25) is 0 Å². The zero-order chi connectivity index (χ0) is 10.8. The average Bonchev–Trinajstić information content (AvgIpc) is 2.17. The summed E-state index contributed by atoms with van der Waals surface area (Å²) < 4.78 is 39.3. The second-order valence-electron chi connectivity index (χ2n) is 2.95. The molecule has 0 heterocycles. The second-order valence-corrected chi connectivity index (χ2v) is 2.95. The van der Waals surface area contributed by atoms with E-state index in [-0.39, 0.29) is 11.1 Å². The van der Waals surface area contributed by atoms with E-state index in [0.29, 0.717) is 0 Å². The first kappa shape index (κ1) is 9.77. The van der Waals surface area contributed by atoms with Gasteiger partial charge in [-0.1, -0.05) is 12.1 Å². The van der Waals surface area contributed by atoms with E-state index in [2.05, 4.69) is 12.1 Å². The minimum atomic E-state index is -0.763. The lowest BCUT2D eigenvalue weighted by atomic mass is 10.0. The van der Waals surface area contributed by atoms with E-state index in [1.54, 1.807) is 0 Å². The molecule has 0 aliphatic carbocycles. The van der Waals surface area contributed by atoms with Gasteiger partial charge in [-0.25, -0.2) is 13.2 Å². The molecule has 0 saturated heterocycles. The zero-order valence-electron chi connectivity index (χ0n) is 7.52. The van der Waals surface area contributed by atoms with Crippen molar-refractivity contribution < 1.29 is 13.2 Å². The summed E-state index contributed by atoms with van der Waals surface area (Å²) in [6, 6.07) is 10.3. The Kier molecular flexibility index (Phi) is 2.46. The van der Waals surface area contributed by atoms with Gasteiger partial charge in [-0.3, -0.25) is 0 Å². The van der Waals surface area contributed by atoms with E-state index in [1.807, 2.05) is 0 Å². The Bertz CT molecular complexity index is 472. The van der Waals surface area contributed by atoms with Crippen molar-refractivity contribution in [1.82, 2.24) is 0 Å². The summed E-state index contributed by atoms with van der Waals surface area (Å²) in [6.07, 6.45) is 0. The first-order valence-corrected chi connectivity index (χ1v) is 4.21. The summed E-state index contributed by atoms with van der Waals surface area (Å²) in [7, 11) is 0. The summed E-state index contributed by atoms with van der Waals surface area (Å²) in [5.74, 6) is -2.18. The summed E-state index contributed by atoms with van der Waals surface area (Å²) in [5, 5.41) is 0. The van der Waals surface area contributed by atoms with Crippen molar-refractivity contribution in [3.05, 3.63) is 59.9 Å². The van der Waals surface area contributed by atoms with Crippen LogP contribution in [0.4, 0.5) is 13.2 Å². The number of rotatable bonds is 1. The molecule has 0 aromatic heterocycles. The smallest absolute Gasteiger partial charge is 0.134 e. The van der Waals surface area contributed by atoms with Crippen LogP contribution >= 0.6 is 0 Å². The Hall–Kier alpha value is -1.77. The van der Waals surface area contributed by atoms with Crippen molar-refractivity contribution in [2.45, 2.75) is 0 Å². The Morgan fingerprint density at radius 3 is 2.27 bits per heavy atom. The maximum atomic E-state index is 13.3. The van der Waals surface area contributed by atoms with Crippen molar-refractivity contribution in [3.63, 3.8) is 0 Å². The third kappa shape index (κ3) is 1.86. The fourth-order valence-corrected chi connectivity index (χ4v) is 1.32. The molecule has 0 aliphatic heterocycles. The van der Waals surface area contributed by atoms with E-state index in [1.165, 1.54) is 12.1 Å². The van der Waals surface area contributed by atoms with Crippen LogP contribution in [0.3, 0.4) is 0 Å². The third-order valence-corrected chi connectivity index (χ3v) is 1.95. The van der Waals surface area contributed by atoms with E-state index in [0.717, 1.165) is 18.2 Å². The summed E-state index contributed by atoms with van der Waals surface area (Å²) in [4.78, 5) is 0. The Labute approximate surface area is 85.0 Å². The van der Waals surface area contributed by atoms with Crippen LogP contribution in [-0.2, 0) is 0 Å². The molecule has 15 heavy (non-hydrogen) atoms. The fraction of sp³-hybridized carbons (Fsp3) is 0. The summed E-state index contributed by atoms with van der Waals surface area (Å²) in [5.41, 5.74) is -0.100. The van der Waals surface area contributed by atoms with Crippen molar-refractivity contribution >= 4 is 0 Å². The quantitative estimate of drug-likeness (QED) is 0.671. The highest BCUT2D eigenvalue weighted by molar-refractivity contribution is 5.64. The lowest BCUT2D eigenvalue weighted by molar-refractivity contribution is 0.588. The van der Waals surface area contributed by atoms with Gasteiger partial charge in [0, 0.05) is 6.07 Å². The van der Waals surface area contributed by atoms with Crippen LogP contribution in [0, 0.1) is 29.6 Å². The molecule has 0 bridgehead atoms. The van der Waals surface area contributed by atoms with Crippen LogP contribution in [0.15, 0.2) is 30.3 Å². The number of benzene rings is 2. The Balaban J connectivity index is 2.63. The molecule has 0 fully saturated rings.